The third-order valence-corrected chi connectivity index (χ3v) is 2.27. The molecule has 0 fully saturated rings. The van der Waals surface area contributed by atoms with Gasteiger partial charge < -0.3 is 29.7 Å². The Labute approximate surface area is 180 Å². The third-order valence-electron chi connectivity index (χ3n) is 1.79. The molecule has 84 valence electrons. The maximum absolute atomic E-state index is 10.6. The molecule has 0 unspecified atom stereocenters. The molecular formula is C9H3Na3O6S. The van der Waals surface area contributed by atoms with Crippen LogP contribution in [0.15, 0.2) is 17.0 Å². The molecule has 0 atom stereocenters. The molecule has 10 heteroatoms. The number of carbonyl (C=O) groups is 3. The molecule has 0 saturated carbocycles. The Hall–Kier alpha value is 0.980. The Morgan fingerprint density at radius 2 is 1.11 bits per heavy atom. The number of rotatable bonds is 3. The molecule has 6 nitrogen and oxygen atoms in total. The van der Waals surface area contributed by atoms with E-state index >= 15 is 0 Å². The molecule has 0 radical (unpaired) electrons. The van der Waals surface area contributed by atoms with Gasteiger partial charge in [-0.05, 0) is 17.7 Å². The topological polar surface area (TPSA) is 120 Å². The van der Waals surface area contributed by atoms with E-state index in [0.29, 0.717) is 12.1 Å². The van der Waals surface area contributed by atoms with Gasteiger partial charge in [0.15, 0.2) is 0 Å². The normalized spacial score (nSPS) is 8.26. The fourth-order valence-electron chi connectivity index (χ4n) is 1.06. The van der Waals surface area contributed by atoms with Crippen LogP contribution in [-0.2, 0) is 0 Å². The smallest absolute Gasteiger partial charge is 0.545 e. The standard InChI is InChI=1S/C9H6O6S.3Na/c10-7(11)3-1-4(8(12)13)6(16)5(2-3)9(14)15;;;/h1-2,16H,(H,10,11)(H,12,13)(H,14,15);;;/q;3*+1/p-3. The predicted molar refractivity (Wildman–Crippen MR) is 46.7 cm³/mol. The van der Waals surface area contributed by atoms with Crippen LogP contribution in [0.3, 0.4) is 0 Å². The molecule has 0 spiro atoms. The molecule has 0 bridgehead atoms. The van der Waals surface area contributed by atoms with E-state index in [1.807, 2.05) is 0 Å². The summed E-state index contributed by atoms with van der Waals surface area (Å²) in [6, 6.07) is 1.42. The van der Waals surface area contributed by atoms with E-state index in [1.165, 1.54) is 0 Å². The average Bonchev–Trinajstić information content (AvgIpc) is 2.16. The summed E-state index contributed by atoms with van der Waals surface area (Å²) in [7, 11) is 0. The maximum atomic E-state index is 10.6. The maximum Gasteiger partial charge on any atom is 1.00 e. The van der Waals surface area contributed by atoms with E-state index in [2.05, 4.69) is 12.6 Å². The molecule has 0 aromatic heterocycles. The van der Waals surface area contributed by atoms with E-state index in [0.717, 1.165) is 0 Å². The van der Waals surface area contributed by atoms with Gasteiger partial charge in [0.1, 0.15) is 0 Å². The fourth-order valence-corrected chi connectivity index (χ4v) is 1.38. The number of carbonyl (C=O) groups excluding carboxylic acids is 3. The Kier molecular flexibility index (Phi) is 14.0. The van der Waals surface area contributed by atoms with Gasteiger partial charge in [-0.3, -0.25) is 0 Å². The summed E-state index contributed by atoms with van der Waals surface area (Å²) in [6.45, 7) is 0. The zero-order valence-corrected chi connectivity index (χ0v) is 17.4. The summed E-state index contributed by atoms with van der Waals surface area (Å²) in [5.74, 6) is -5.19. The predicted octanol–water partition coefficient (Wildman–Crippen LogP) is -11.9. The minimum absolute atomic E-state index is 0. The molecule has 0 aliphatic carbocycles. The summed E-state index contributed by atoms with van der Waals surface area (Å²) < 4.78 is 0. The molecule has 0 amide bonds. The molecule has 1 aromatic rings. The minimum Gasteiger partial charge on any atom is -0.545 e. The number of aromatic carboxylic acids is 3. The summed E-state index contributed by atoms with van der Waals surface area (Å²) in [5, 5.41) is 31.7. The first kappa shape index (κ1) is 25.0. The van der Waals surface area contributed by atoms with Crippen molar-refractivity contribution in [3.8, 4) is 0 Å². The monoisotopic (exact) mass is 308 g/mol. The van der Waals surface area contributed by atoms with Gasteiger partial charge in [-0.2, -0.15) is 0 Å². The van der Waals surface area contributed by atoms with E-state index in [-0.39, 0.29) is 88.7 Å². The first-order chi connectivity index (χ1) is 7.34. The minimum atomic E-state index is -1.74. The number of carboxylic acid groups (broad SMARTS) is 3. The van der Waals surface area contributed by atoms with Crippen LogP contribution in [0.4, 0.5) is 0 Å². The van der Waals surface area contributed by atoms with Crippen molar-refractivity contribution in [2.45, 2.75) is 4.90 Å². The summed E-state index contributed by atoms with van der Waals surface area (Å²) >= 11 is 3.65. The second kappa shape index (κ2) is 10.7. The molecule has 0 N–H and O–H groups in total. The van der Waals surface area contributed by atoms with Crippen LogP contribution < -0.4 is 104 Å². The zero-order valence-electron chi connectivity index (χ0n) is 10.6. The number of benzene rings is 1. The van der Waals surface area contributed by atoms with Crippen molar-refractivity contribution in [2.24, 2.45) is 0 Å². The average molecular weight is 308 g/mol. The van der Waals surface area contributed by atoms with Crippen molar-refractivity contribution in [1.82, 2.24) is 0 Å². The van der Waals surface area contributed by atoms with E-state index in [1.54, 1.807) is 0 Å². The van der Waals surface area contributed by atoms with Crippen molar-refractivity contribution < 1.29 is 118 Å². The van der Waals surface area contributed by atoms with Crippen LogP contribution in [0.1, 0.15) is 31.1 Å². The van der Waals surface area contributed by atoms with Crippen molar-refractivity contribution in [3.05, 3.63) is 28.8 Å². The molecule has 19 heavy (non-hydrogen) atoms. The molecular weight excluding hydrogens is 305 g/mol. The Bertz CT molecular complexity index is 470. The van der Waals surface area contributed by atoms with Gasteiger partial charge in [0.05, 0.1) is 17.9 Å². The SMILES string of the molecule is O=C([O-])c1cc(C(=O)[O-])c(S)c(C(=O)[O-])c1.[Na+].[Na+].[Na+]. The third kappa shape index (κ3) is 6.52. The summed E-state index contributed by atoms with van der Waals surface area (Å²) in [5.41, 5.74) is -1.90. The van der Waals surface area contributed by atoms with Gasteiger partial charge in [0.2, 0.25) is 0 Å². The number of hydrogen-bond donors (Lipinski definition) is 1. The second-order valence-electron chi connectivity index (χ2n) is 2.78. The van der Waals surface area contributed by atoms with Gasteiger partial charge in [-0.25, -0.2) is 0 Å². The zero-order chi connectivity index (χ0) is 12.5. The Balaban J connectivity index is -0.000000853. The van der Waals surface area contributed by atoms with Crippen LogP contribution in [0, 0.1) is 0 Å². The van der Waals surface area contributed by atoms with Crippen LogP contribution in [0.25, 0.3) is 0 Å². The molecule has 1 aromatic carbocycles. The first-order valence-electron chi connectivity index (χ1n) is 3.85. The number of hydrogen-bond acceptors (Lipinski definition) is 7. The summed E-state index contributed by atoms with van der Waals surface area (Å²) in [4.78, 5) is 31.2. The molecule has 1 rings (SSSR count). The van der Waals surface area contributed by atoms with E-state index in [4.69, 9.17) is 0 Å². The van der Waals surface area contributed by atoms with Crippen LogP contribution >= 0.6 is 12.6 Å². The van der Waals surface area contributed by atoms with Crippen molar-refractivity contribution >= 4 is 30.5 Å². The fraction of sp³-hybridized carbons (Fsp3) is 0. The van der Waals surface area contributed by atoms with Gasteiger partial charge in [-0.1, -0.05) is 0 Å². The number of carboxylic acids is 3. The van der Waals surface area contributed by atoms with E-state index in [9.17, 15) is 29.7 Å². The van der Waals surface area contributed by atoms with Gasteiger partial charge in [0, 0.05) is 16.0 Å². The van der Waals surface area contributed by atoms with E-state index < -0.39 is 39.5 Å². The largest absolute Gasteiger partial charge is 1.00 e. The Morgan fingerprint density at radius 3 is 1.32 bits per heavy atom. The quantitative estimate of drug-likeness (QED) is 0.437. The van der Waals surface area contributed by atoms with Crippen molar-refractivity contribution in [3.63, 3.8) is 0 Å². The van der Waals surface area contributed by atoms with Crippen molar-refractivity contribution in [2.75, 3.05) is 0 Å². The second-order valence-corrected chi connectivity index (χ2v) is 3.23. The van der Waals surface area contributed by atoms with Crippen molar-refractivity contribution in [1.29, 1.82) is 0 Å². The molecule has 0 aliphatic heterocycles. The number of thiol groups is 1. The van der Waals surface area contributed by atoms with Crippen LogP contribution in [0.2, 0.25) is 0 Å². The molecule has 0 aliphatic rings. The first-order valence-corrected chi connectivity index (χ1v) is 4.30. The van der Waals surface area contributed by atoms with Gasteiger partial charge in [-0.15, -0.1) is 12.6 Å². The van der Waals surface area contributed by atoms with Crippen LogP contribution in [-0.4, -0.2) is 17.9 Å². The Morgan fingerprint density at radius 1 is 0.789 bits per heavy atom. The van der Waals surface area contributed by atoms with Crippen LogP contribution in [0.5, 0.6) is 0 Å². The summed E-state index contributed by atoms with van der Waals surface area (Å²) in [6.07, 6.45) is 0. The molecule has 0 heterocycles. The molecule has 0 saturated heterocycles. The van der Waals surface area contributed by atoms with Gasteiger partial charge >= 0.3 is 88.7 Å². The van der Waals surface area contributed by atoms with Gasteiger partial charge in [0.25, 0.3) is 0 Å².